The first-order valence-electron chi connectivity index (χ1n) is 5.57. The van der Waals surface area contributed by atoms with Crippen LogP contribution in [-0.4, -0.2) is 11.9 Å². The van der Waals surface area contributed by atoms with Crippen LogP contribution in [0.1, 0.15) is 24.9 Å². The average Bonchev–Trinajstić information content (AvgIpc) is 2.32. The maximum atomic E-state index is 11.7. The molecule has 0 aromatic heterocycles. The topological polar surface area (TPSA) is 55.1 Å². The molecule has 2 unspecified atom stereocenters. The zero-order valence-corrected chi connectivity index (χ0v) is 11.6. The summed E-state index contributed by atoms with van der Waals surface area (Å²) in [4.78, 5) is 11.7. The summed E-state index contributed by atoms with van der Waals surface area (Å²) in [6.45, 7) is 5.41. The fourth-order valence-corrected chi connectivity index (χ4v) is 1.78. The molecular formula is C13H16Cl2N2O. The van der Waals surface area contributed by atoms with E-state index in [1.54, 1.807) is 18.2 Å². The number of hydrogen-bond donors (Lipinski definition) is 2. The van der Waals surface area contributed by atoms with Gasteiger partial charge in [-0.05, 0) is 31.0 Å². The summed E-state index contributed by atoms with van der Waals surface area (Å²) in [7, 11) is 0. The molecule has 0 fully saturated rings. The third kappa shape index (κ3) is 4.02. The van der Waals surface area contributed by atoms with Crippen LogP contribution in [0.3, 0.4) is 0 Å². The van der Waals surface area contributed by atoms with Crippen molar-refractivity contribution in [3.63, 3.8) is 0 Å². The van der Waals surface area contributed by atoms with Gasteiger partial charge in [-0.2, -0.15) is 0 Å². The van der Waals surface area contributed by atoms with E-state index in [0.717, 1.165) is 5.56 Å². The van der Waals surface area contributed by atoms with Gasteiger partial charge < -0.3 is 11.1 Å². The fraction of sp³-hybridized carbons (Fsp3) is 0.308. The molecule has 1 rings (SSSR count). The highest BCUT2D eigenvalue weighted by atomic mass is 35.5. The van der Waals surface area contributed by atoms with Crippen LogP contribution in [0.25, 0.3) is 0 Å². The van der Waals surface area contributed by atoms with E-state index in [2.05, 4.69) is 11.9 Å². The summed E-state index contributed by atoms with van der Waals surface area (Å²) in [5.41, 5.74) is 6.56. The zero-order chi connectivity index (χ0) is 13.7. The van der Waals surface area contributed by atoms with Gasteiger partial charge in [-0.3, -0.25) is 4.79 Å². The van der Waals surface area contributed by atoms with Crippen molar-refractivity contribution in [2.75, 3.05) is 0 Å². The summed E-state index contributed by atoms with van der Waals surface area (Å²) < 4.78 is 0. The molecule has 18 heavy (non-hydrogen) atoms. The van der Waals surface area contributed by atoms with E-state index in [1.165, 1.54) is 0 Å². The third-order valence-corrected chi connectivity index (χ3v) is 3.30. The highest BCUT2D eigenvalue weighted by Crippen LogP contribution is 2.25. The van der Waals surface area contributed by atoms with Crippen molar-refractivity contribution in [3.8, 4) is 0 Å². The maximum absolute atomic E-state index is 11.7. The Balaban J connectivity index is 2.70. The molecule has 0 radical (unpaired) electrons. The Hall–Kier alpha value is -1.03. The van der Waals surface area contributed by atoms with Crippen molar-refractivity contribution < 1.29 is 4.79 Å². The predicted molar refractivity (Wildman–Crippen MR) is 75.8 cm³/mol. The van der Waals surface area contributed by atoms with E-state index in [-0.39, 0.29) is 11.9 Å². The number of halogens is 2. The molecule has 0 aliphatic rings. The normalized spacial score (nSPS) is 13.8. The molecule has 98 valence electrons. The standard InChI is InChI=1S/C13H16Cl2N2O/c1-3-4-12(16)13(18)17-8(2)9-5-6-10(14)11(15)7-9/h3,5-8,12H,1,4,16H2,2H3,(H,17,18). The largest absolute Gasteiger partial charge is 0.348 e. The molecule has 3 nitrogen and oxygen atoms in total. The van der Waals surface area contributed by atoms with Gasteiger partial charge in [0, 0.05) is 0 Å². The van der Waals surface area contributed by atoms with E-state index in [0.29, 0.717) is 16.5 Å². The molecule has 3 N–H and O–H groups in total. The Kier molecular flexibility index (Phi) is 5.66. The van der Waals surface area contributed by atoms with E-state index in [4.69, 9.17) is 28.9 Å². The lowest BCUT2D eigenvalue weighted by molar-refractivity contribution is -0.122. The number of carbonyl (C=O) groups is 1. The first-order valence-corrected chi connectivity index (χ1v) is 6.33. The van der Waals surface area contributed by atoms with Crippen molar-refractivity contribution >= 4 is 29.1 Å². The Morgan fingerprint density at radius 1 is 1.50 bits per heavy atom. The van der Waals surface area contributed by atoms with Crippen LogP contribution in [0.5, 0.6) is 0 Å². The number of amides is 1. The van der Waals surface area contributed by atoms with Crippen LogP contribution < -0.4 is 11.1 Å². The van der Waals surface area contributed by atoms with E-state index in [9.17, 15) is 4.79 Å². The van der Waals surface area contributed by atoms with Crippen LogP contribution in [0, 0.1) is 0 Å². The minimum Gasteiger partial charge on any atom is -0.348 e. The van der Waals surface area contributed by atoms with Crippen molar-refractivity contribution in [1.82, 2.24) is 5.32 Å². The lowest BCUT2D eigenvalue weighted by Crippen LogP contribution is -2.41. The van der Waals surface area contributed by atoms with Gasteiger partial charge in [-0.1, -0.05) is 35.3 Å². The molecule has 0 bridgehead atoms. The molecule has 0 saturated carbocycles. The van der Waals surface area contributed by atoms with Crippen LogP contribution in [-0.2, 0) is 4.79 Å². The van der Waals surface area contributed by atoms with E-state index in [1.807, 2.05) is 13.0 Å². The van der Waals surface area contributed by atoms with Gasteiger partial charge in [-0.15, -0.1) is 6.58 Å². The van der Waals surface area contributed by atoms with Gasteiger partial charge in [0.15, 0.2) is 0 Å². The van der Waals surface area contributed by atoms with Crippen molar-refractivity contribution in [2.45, 2.75) is 25.4 Å². The number of rotatable bonds is 5. The summed E-state index contributed by atoms with van der Waals surface area (Å²) in [5, 5.41) is 3.77. The molecule has 1 aromatic carbocycles. The second-order valence-electron chi connectivity index (χ2n) is 4.03. The minimum absolute atomic E-state index is 0.178. The molecule has 5 heteroatoms. The third-order valence-electron chi connectivity index (χ3n) is 2.56. The monoisotopic (exact) mass is 286 g/mol. The molecule has 1 amide bonds. The second kappa shape index (κ2) is 6.78. The molecule has 2 atom stereocenters. The number of nitrogens with two attached hydrogens (primary N) is 1. The average molecular weight is 287 g/mol. The number of hydrogen-bond acceptors (Lipinski definition) is 2. The molecular weight excluding hydrogens is 271 g/mol. The molecule has 0 heterocycles. The highest BCUT2D eigenvalue weighted by Gasteiger charge is 2.15. The number of nitrogens with one attached hydrogen (secondary N) is 1. The van der Waals surface area contributed by atoms with Crippen molar-refractivity contribution in [1.29, 1.82) is 0 Å². The first kappa shape index (κ1) is 15.0. The minimum atomic E-state index is -0.576. The summed E-state index contributed by atoms with van der Waals surface area (Å²) in [6, 6.07) is 4.49. The Morgan fingerprint density at radius 2 is 2.17 bits per heavy atom. The van der Waals surface area contributed by atoms with Crippen LogP contribution >= 0.6 is 23.2 Å². The van der Waals surface area contributed by atoms with Gasteiger partial charge in [0.25, 0.3) is 0 Å². The number of carbonyl (C=O) groups excluding carboxylic acids is 1. The molecule has 0 spiro atoms. The van der Waals surface area contributed by atoms with Crippen molar-refractivity contribution in [3.05, 3.63) is 46.5 Å². The number of benzene rings is 1. The first-order chi connectivity index (χ1) is 8.45. The zero-order valence-electron chi connectivity index (χ0n) is 10.1. The summed E-state index contributed by atoms with van der Waals surface area (Å²) >= 11 is 11.8. The SMILES string of the molecule is C=CCC(N)C(=O)NC(C)c1ccc(Cl)c(Cl)c1. The molecule has 0 aliphatic heterocycles. The van der Waals surface area contributed by atoms with Gasteiger partial charge >= 0.3 is 0 Å². The Bertz CT molecular complexity index is 449. The summed E-state index contributed by atoms with van der Waals surface area (Å²) in [5.74, 6) is -0.214. The summed E-state index contributed by atoms with van der Waals surface area (Å²) in [6.07, 6.45) is 2.06. The molecule has 0 saturated heterocycles. The smallest absolute Gasteiger partial charge is 0.237 e. The van der Waals surface area contributed by atoms with Crippen LogP contribution in [0.15, 0.2) is 30.9 Å². The fourth-order valence-electron chi connectivity index (χ4n) is 1.47. The molecule has 0 aliphatic carbocycles. The van der Waals surface area contributed by atoms with Gasteiger partial charge in [0.2, 0.25) is 5.91 Å². The van der Waals surface area contributed by atoms with Gasteiger partial charge in [0.1, 0.15) is 0 Å². The van der Waals surface area contributed by atoms with Gasteiger partial charge in [-0.25, -0.2) is 0 Å². The van der Waals surface area contributed by atoms with Gasteiger partial charge in [0.05, 0.1) is 22.1 Å². The predicted octanol–water partition coefficient (Wildman–Crippen LogP) is 3.07. The Labute approximate surface area is 117 Å². The van der Waals surface area contributed by atoms with E-state index >= 15 is 0 Å². The van der Waals surface area contributed by atoms with Crippen LogP contribution in [0.2, 0.25) is 10.0 Å². The highest BCUT2D eigenvalue weighted by molar-refractivity contribution is 6.42. The Morgan fingerprint density at radius 3 is 2.72 bits per heavy atom. The van der Waals surface area contributed by atoms with Crippen molar-refractivity contribution in [2.24, 2.45) is 5.73 Å². The van der Waals surface area contributed by atoms with Crippen LogP contribution in [0.4, 0.5) is 0 Å². The van der Waals surface area contributed by atoms with E-state index < -0.39 is 6.04 Å². The lowest BCUT2D eigenvalue weighted by atomic mass is 10.1. The molecule has 1 aromatic rings. The second-order valence-corrected chi connectivity index (χ2v) is 4.85. The lowest BCUT2D eigenvalue weighted by Gasteiger charge is -2.17. The maximum Gasteiger partial charge on any atom is 0.237 e. The quantitative estimate of drug-likeness (QED) is 0.818.